The number of aliphatic hydroxyl groups is 2. The molecule has 25 heavy (non-hydrogen) atoms. The zero-order valence-corrected chi connectivity index (χ0v) is 14.2. The van der Waals surface area contributed by atoms with Crippen LogP contribution in [0.15, 0.2) is 48.5 Å². The Morgan fingerprint density at radius 1 is 1.08 bits per heavy atom. The van der Waals surface area contributed by atoms with E-state index in [0.717, 1.165) is 5.56 Å². The Kier molecular flexibility index (Phi) is 6.80. The van der Waals surface area contributed by atoms with E-state index in [1.807, 2.05) is 30.3 Å². The van der Waals surface area contributed by atoms with Crippen molar-refractivity contribution < 1.29 is 29.2 Å². The second-order valence-corrected chi connectivity index (χ2v) is 5.33. The highest BCUT2D eigenvalue weighted by atomic mass is 16.5. The fraction of sp³-hybridized carbons (Fsp3) is 0.316. The minimum Gasteiger partial charge on any atom is -0.493 e. The van der Waals surface area contributed by atoms with Gasteiger partial charge in [0.25, 0.3) is 0 Å². The Hall–Kier alpha value is -2.57. The van der Waals surface area contributed by atoms with Crippen LogP contribution in [0.1, 0.15) is 24.2 Å². The molecule has 6 heteroatoms. The summed E-state index contributed by atoms with van der Waals surface area (Å²) in [6.07, 6.45) is -3.10. The van der Waals surface area contributed by atoms with E-state index in [2.05, 4.69) is 0 Å². The number of ether oxygens (including phenoxy) is 3. The van der Waals surface area contributed by atoms with Gasteiger partial charge in [0.15, 0.2) is 17.6 Å². The monoisotopic (exact) mass is 346 g/mol. The van der Waals surface area contributed by atoms with Gasteiger partial charge in [0.1, 0.15) is 12.7 Å². The standard InChI is InChI=1S/C19H22O6/c1-3-24-19(22)18(21)17(20)14-9-10-15(23-2)16(11-14)25-12-13-7-5-4-6-8-13/h4-11,17-18,20-21H,3,12H2,1-2H3. The Balaban J connectivity index is 2.16. The third-order valence-electron chi connectivity index (χ3n) is 3.59. The first-order valence-corrected chi connectivity index (χ1v) is 7.94. The molecule has 2 rings (SSSR count). The third-order valence-corrected chi connectivity index (χ3v) is 3.59. The highest BCUT2D eigenvalue weighted by Gasteiger charge is 2.27. The maximum absolute atomic E-state index is 11.6. The molecule has 2 unspecified atom stereocenters. The molecule has 6 nitrogen and oxygen atoms in total. The second kappa shape index (κ2) is 9.05. The van der Waals surface area contributed by atoms with Crippen molar-refractivity contribution >= 4 is 5.97 Å². The average molecular weight is 346 g/mol. The highest BCUT2D eigenvalue weighted by molar-refractivity contribution is 5.75. The SMILES string of the molecule is CCOC(=O)C(O)C(O)c1ccc(OC)c(OCc2ccccc2)c1. The number of methoxy groups -OCH3 is 1. The lowest BCUT2D eigenvalue weighted by Crippen LogP contribution is -2.29. The zero-order chi connectivity index (χ0) is 18.2. The summed E-state index contributed by atoms with van der Waals surface area (Å²) in [6, 6.07) is 14.3. The van der Waals surface area contributed by atoms with Crippen molar-refractivity contribution in [1.82, 2.24) is 0 Å². The van der Waals surface area contributed by atoms with Crippen LogP contribution in [0.25, 0.3) is 0 Å². The summed E-state index contributed by atoms with van der Waals surface area (Å²) in [6.45, 7) is 2.06. The van der Waals surface area contributed by atoms with Crippen molar-refractivity contribution in [2.75, 3.05) is 13.7 Å². The van der Waals surface area contributed by atoms with Crippen molar-refractivity contribution in [2.24, 2.45) is 0 Å². The largest absolute Gasteiger partial charge is 0.493 e. The number of hydrogen-bond donors (Lipinski definition) is 2. The van der Waals surface area contributed by atoms with Gasteiger partial charge in [-0.1, -0.05) is 36.4 Å². The van der Waals surface area contributed by atoms with E-state index >= 15 is 0 Å². The first kappa shape index (κ1) is 18.8. The fourth-order valence-corrected chi connectivity index (χ4v) is 2.26. The fourth-order valence-electron chi connectivity index (χ4n) is 2.26. The average Bonchev–Trinajstić information content (AvgIpc) is 2.66. The van der Waals surface area contributed by atoms with Crippen LogP contribution in [0.5, 0.6) is 11.5 Å². The molecule has 2 atom stereocenters. The van der Waals surface area contributed by atoms with Gasteiger partial charge in [0, 0.05) is 0 Å². The maximum atomic E-state index is 11.6. The Bertz CT molecular complexity index is 686. The molecule has 0 aliphatic heterocycles. The van der Waals surface area contributed by atoms with Gasteiger partial charge in [-0.2, -0.15) is 0 Å². The summed E-state index contributed by atoms with van der Waals surface area (Å²) in [7, 11) is 1.51. The number of carbonyl (C=O) groups excluding carboxylic acids is 1. The minimum atomic E-state index is -1.67. The van der Waals surface area contributed by atoms with Crippen LogP contribution in [-0.2, 0) is 16.1 Å². The number of aliphatic hydroxyl groups excluding tert-OH is 2. The van der Waals surface area contributed by atoms with Crippen LogP contribution < -0.4 is 9.47 Å². The van der Waals surface area contributed by atoms with E-state index in [1.54, 1.807) is 19.1 Å². The van der Waals surface area contributed by atoms with E-state index < -0.39 is 18.2 Å². The molecule has 0 fully saturated rings. The predicted octanol–water partition coefficient (Wildman–Crippen LogP) is 2.23. The van der Waals surface area contributed by atoms with Crippen LogP contribution in [0, 0.1) is 0 Å². The van der Waals surface area contributed by atoms with Gasteiger partial charge >= 0.3 is 5.97 Å². The summed E-state index contributed by atoms with van der Waals surface area (Å²) >= 11 is 0. The number of hydrogen-bond acceptors (Lipinski definition) is 6. The first-order valence-electron chi connectivity index (χ1n) is 7.94. The predicted molar refractivity (Wildman–Crippen MR) is 91.4 cm³/mol. The molecule has 0 radical (unpaired) electrons. The molecular formula is C19H22O6. The quantitative estimate of drug-likeness (QED) is 0.713. The number of carbonyl (C=O) groups is 1. The Morgan fingerprint density at radius 3 is 2.44 bits per heavy atom. The van der Waals surface area contributed by atoms with Gasteiger partial charge < -0.3 is 24.4 Å². The second-order valence-electron chi connectivity index (χ2n) is 5.33. The van der Waals surface area contributed by atoms with E-state index in [4.69, 9.17) is 14.2 Å². The van der Waals surface area contributed by atoms with E-state index in [-0.39, 0.29) is 6.61 Å². The van der Waals surface area contributed by atoms with Crippen molar-refractivity contribution in [2.45, 2.75) is 25.7 Å². The summed E-state index contributed by atoms with van der Waals surface area (Å²) in [4.78, 5) is 11.6. The summed E-state index contributed by atoms with van der Waals surface area (Å²) < 4.78 is 15.7. The highest BCUT2D eigenvalue weighted by Crippen LogP contribution is 2.32. The van der Waals surface area contributed by atoms with E-state index in [9.17, 15) is 15.0 Å². The summed E-state index contributed by atoms with van der Waals surface area (Å²) in [5, 5.41) is 20.1. The van der Waals surface area contributed by atoms with Crippen molar-refractivity contribution in [3.05, 3.63) is 59.7 Å². The maximum Gasteiger partial charge on any atom is 0.338 e. The lowest BCUT2D eigenvalue weighted by Gasteiger charge is -2.18. The number of rotatable bonds is 8. The number of benzene rings is 2. The first-order chi connectivity index (χ1) is 12.1. The Labute approximate surface area is 146 Å². The molecule has 0 saturated carbocycles. The van der Waals surface area contributed by atoms with Crippen molar-refractivity contribution in [3.8, 4) is 11.5 Å². The van der Waals surface area contributed by atoms with Gasteiger partial charge in [-0.3, -0.25) is 0 Å². The van der Waals surface area contributed by atoms with Gasteiger partial charge in [0.2, 0.25) is 0 Å². The molecule has 2 aromatic rings. The van der Waals surface area contributed by atoms with Gasteiger partial charge in [-0.15, -0.1) is 0 Å². The molecule has 0 aromatic heterocycles. The normalized spacial score (nSPS) is 13.0. The smallest absolute Gasteiger partial charge is 0.338 e. The lowest BCUT2D eigenvalue weighted by atomic mass is 10.0. The molecule has 2 aromatic carbocycles. The van der Waals surface area contributed by atoms with Gasteiger partial charge in [0.05, 0.1) is 13.7 Å². The van der Waals surface area contributed by atoms with Gasteiger partial charge in [-0.25, -0.2) is 4.79 Å². The van der Waals surface area contributed by atoms with Crippen LogP contribution in [0.4, 0.5) is 0 Å². The minimum absolute atomic E-state index is 0.122. The van der Waals surface area contributed by atoms with Crippen LogP contribution in [-0.4, -0.2) is 36.0 Å². The van der Waals surface area contributed by atoms with Crippen LogP contribution in [0.2, 0.25) is 0 Å². The molecule has 0 spiro atoms. The third kappa shape index (κ3) is 4.95. The number of esters is 1. The molecule has 0 aliphatic rings. The molecule has 0 heterocycles. The van der Waals surface area contributed by atoms with E-state index in [0.29, 0.717) is 23.7 Å². The summed E-state index contributed by atoms with van der Waals surface area (Å²) in [5.41, 5.74) is 1.30. The van der Waals surface area contributed by atoms with Crippen LogP contribution in [0.3, 0.4) is 0 Å². The molecule has 0 aliphatic carbocycles. The molecule has 0 bridgehead atoms. The zero-order valence-electron chi connectivity index (χ0n) is 14.2. The Morgan fingerprint density at radius 2 is 1.80 bits per heavy atom. The van der Waals surface area contributed by atoms with E-state index in [1.165, 1.54) is 13.2 Å². The van der Waals surface area contributed by atoms with Gasteiger partial charge in [-0.05, 0) is 30.2 Å². The topological polar surface area (TPSA) is 85.2 Å². The van der Waals surface area contributed by atoms with Crippen LogP contribution >= 0.6 is 0 Å². The van der Waals surface area contributed by atoms with Crippen molar-refractivity contribution in [1.29, 1.82) is 0 Å². The molecule has 134 valence electrons. The molecule has 0 saturated heterocycles. The molecular weight excluding hydrogens is 324 g/mol. The van der Waals surface area contributed by atoms with Crippen molar-refractivity contribution in [3.63, 3.8) is 0 Å². The molecule has 0 amide bonds. The lowest BCUT2D eigenvalue weighted by molar-refractivity contribution is -0.159. The summed E-state index contributed by atoms with van der Waals surface area (Å²) in [5.74, 6) is 0.00837. The molecule has 2 N–H and O–H groups in total.